The van der Waals surface area contributed by atoms with Gasteiger partial charge < -0.3 is 9.31 Å². The average molecular weight is 576 g/mol. The van der Waals surface area contributed by atoms with E-state index in [9.17, 15) is 61.5 Å². The highest BCUT2D eigenvalue weighted by Crippen LogP contribution is 2.33. The van der Waals surface area contributed by atoms with Crippen LogP contribution in [0.1, 0.15) is 0 Å². The highest BCUT2D eigenvalue weighted by Gasteiger charge is 2.39. The lowest BCUT2D eigenvalue weighted by Gasteiger charge is -2.21. The molecule has 204 valence electrons. The van der Waals surface area contributed by atoms with E-state index in [1.54, 1.807) is 0 Å². The summed E-state index contributed by atoms with van der Waals surface area (Å²) in [5, 5.41) is -2.62. The van der Waals surface area contributed by atoms with Gasteiger partial charge in [-0.3, -0.25) is 0 Å². The summed E-state index contributed by atoms with van der Waals surface area (Å²) in [6, 6.07) is 0.592. The second kappa shape index (κ2) is 9.85. The fourth-order valence-corrected chi connectivity index (χ4v) is 3.34. The van der Waals surface area contributed by atoms with Gasteiger partial charge in [-0.25, -0.2) is 43.9 Å². The summed E-state index contributed by atoms with van der Waals surface area (Å²) < 4.78 is 204. The third kappa shape index (κ3) is 4.34. The number of fused-ring (bicyclic) bond motifs is 1. The highest BCUT2D eigenvalue weighted by atomic mass is 19.2. The predicted molar refractivity (Wildman–Crippen MR) is 103 cm³/mol. The van der Waals surface area contributed by atoms with Crippen LogP contribution < -0.4 is 14.8 Å². The monoisotopic (exact) mass is 576 g/mol. The van der Waals surface area contributed by atoms with Crippen molar-refractivity contribution in [1.29, 1.82) is 0 Å². The Morgan fingerprint density at radius 1 is 0.410 bits per heavy atom. The van der Waals surface area contributed by atoms with Crippen LogP contribution in [0.3, 0.4) is 0 Å². The van der Waals surface area contributed by atoms with Gasteiger partial charge >= 0.3 is 7.12 Å². The van der Waals surface area contributed by atoms with E-state index >= 15 is 0 Å². The van der Waals surface area contributed by atoms with Crippen molar-refractivity contribution < 1.29 is 70.8 Å². The molecule has 0 atom stereocenters. The Labute approximate surface area is 206 Å². The van der Waals surface area contributed by atoms with Gasteiger partial charge in [0, 0.05) is 5.46 Å². The van der Waals surface area contributed by atoms with Gasteiger partial charge in [-0.2, -0.15) is 17.6 Å². The Bertz CT molecular complexity index is 1550. The predicted octanol–water partition coefficient (Wildman–Crippen LogP) is 6.64. The van der Waals surface area contributed by atoms with Gasteiger partial charge in [-0.05, 0) is 17.5 Å². The molecule has 0 unspecified atom stereocenters. The summed E-state index contributed by atoms with van der Waals surface area (Å²) in [6.45, 7) is 0. The van der Waals surface area contributed by atoms with Gasteiger partial charge in [-0.1, -0.05) is 6.07 Å². The molecule has 0 bridgehead atoms. The molecule has 0 aromatic heterocycles. The van der Waals surface area contributed by atoms with Crippen LogP contribution in [0.5, 0.6) is 11.5 Å². The minimum absolute atomic E-state index is 0.00294. The maximum atomic E-state index is 14.3. The van der Waals surface area contributed by atoms with Crippen molar-refractivity contribution in [2.24, 2.45) is 0 Å². The third-order valence-electron chi connectivity index (χ3n) is 5.16. The summed E-state index contributed by atoms with van der Waals surface area (Å²) in [4.78, 5) is 0. The van der Waals surface area contributed by atoms with Gasteiger partial charge in [-0.15, -0.1) is 0 Å². The maximum Gasteiger partial charge on any atom is 0.633 e. The molecule has 0 aliphatic carbocycles. The molecule has 0 N–H and O–H groups in total. The Balaban J connectivity index is 2.04. The Morgan fingerprint density at radius 2 is 0.795 bits per heavy atom. The number of hydrogen-bond acceptors (Lipinski definition) is 2. The van der Waals surface area contributed by atoms with Crippen LogP contribution in [0.2, 0.25) is 0 Å². The van der Waals surface area contributed by atoms with E-state index in [2.05, 4.69) is 9.31 Å². The normalized spacial score (nSPS) is 11.3. The molecule has 4 aromatic carbocycles. The van der Waals surface area contributed by atoms with Crippen molar-refractivity contribution >= 4 is 23.4 Å². The molecular weight excluding hydrogens is 573 g/mol. The molecule has 4 aromatic rings. The summed E-state index contributed by atoms with van der Waals surface area (Å²) in [5.41, 5.74) is -1.17. The van der Waals surface area contributed by atoms with E-state index in [4.69, 9.17) is 0 Å². The van der Waals surface area contributed by atoms with Crippen LogP contribution in [0.25, 0.3) is 10.8 Å². The summed E-state index contributed by atoms with van der Waals surface area (Å²) in [6.07, 6.45) is 0. The van der Waals surface area contributed by atoms with Crippen LogP contribution in [0.15, 0.2) is 18.2 Å². The first kappa shape index (κ1) is 27.8. The first-order valence-corrected chi connectivity index (χ1v) is 9.80. The van der Waals surface area contributed by atoms with Crippen molar-refractivity contribution in [2.45, 2.75) is 0 Å². The first-order chi connectivity index (χ1) is 18.2. The van der Waals surface area contributed by atoms with E-state index in [-0.39, 0.29) is 12.1 Å². The summed E-state index contributed by atoms with van der Waals surface area (Å²) in [7, 11) is -3.10. The highest BCUT2D eigenvalue weighted by molar-refractivity contribution is 6.65. The summed E-state index contributed by atoms with van der Waals surface area (Å²) in [5.74, 6) is -39.6. The Kier molecular flexibility index (Phi) is 7.03. The smallest absolute Gasteiger partial charge is 0.518 e. The fraction of sp³-hybridized carbons (Fsp3) is 0. The van der Waals surface area contributed by atoms with Crippen LogP contribution in [0.4, 0.5) is 61.5 Å². The second-order valence-corrected chi connectivity index (χ2v) is 7.41. The Morgan fingerprint density at radius 3 is 1.21 bits per heavy atom. The van der Waals surface area contributed by atoms with Crippen LogP contribution in [-0.4, -0.2) is 7.12 Å². The van der Waals surface area contributed by atoms with Crippen LogP contribution in [0, 0.1) is 81.4 Å². The number of halogens is 14. The standard InChI is InChI=1S/C22H3BF14O2/c24-6-2-1-5(4-3-7(25)9(26)10(27)8(4)6)23(38-21-17(34)13(30)11(28)14(31)18(21)35)39-22-19(36)15(32)12(29)16(33)20(22)37/h1-3H. The molecule has 0 amide bonds. The number of rotatable bonds is 5. The molecule has 0 saturated heterocycles. The van der Waals surface area contributed by atoms with Crippen molar-refractivity contribution in [2.75, 3.05) is 0 Å². The van der Waals surface area contributed by atoms with Crippen molar-refractivity contribution in [3.8, 4) is 11.5 Å². The fourth-order valence-electron chi connectivity index (χ4n) is 3.34. The van der Waals surface area contributed by atoms with E-state index in [1.807, 2.05) is 0 Å². The molecule has 0 aliphatic heterocycles. The number of benzene rings is 4. The molecule has 0 spiro atoms. The minimum atomic E-state index is -3.10. The minimum Gasteiger partial charge on any atom is -0.518 e. The molecule has 4 rings (SSSR count). The quantitative estimate of drug-likeness (QED) is 0.115. The second-order valence-electron chi connectivity index (χ2n) is 7.41. The van der Waals surface area contributed by atoms with E-state index < -0.39 is 116 Å². The molecule has 0 aliphatic rings. The molecule has 39 heavy (non-hydrogen) atoms. The van der Waals surface area contributed by atoms with Crippen LogP contribution in [-0.2, 0) is 0 Å². The Hall–Kier alpha value is -4.18. The zero-order valence-corrected chi connectivity index (χ0v) is 17.9. The lowest BCUT2D eigenvalue weighted by atomic mass is 9.75. The molecule has 2 nitrogen and oxygen atoms in total. The largest absolute Gasteiger partial charge is 0.633 e. The SMILES string of the molecule is Fc1cc2c(B(Oc3c(F)c(F)c(F)c(F)c3F)Oc3c(F)c(F)c(F)c(F)c3F)ccc(F)c2c(F)c1F. The van der Waals surface area contributed by atoms with Gasteiger partial charge in [0.1, 0.15) is 5.82 Å². The van der Waals surface area contributed by atoms with Gasteiger partial charge in [0.2, 0.25) is 58.2 Å². The third-order valence-corrected chi connectivity index (χ3v) is 5.16. The molecule has 0 fully saturated rings. The first-order valence-electron chi connectivity index (χ1n) is 9.80. The average Bonchev–Trinajstić information content (AvgIpc) is 2.91. The van der Waals surface area contributed by atoms with Gasteiger partial charge in [0.25, 0.3) is 0 Å². The zero-order chi connectivity index (χ0) is 29.1. The molecule has 17 heteroatoms. The van der Waals surface area contributed by atoms with E-state index in [1.165, 1.54) is 0 Å². The topological polar surface area (TPSA) is 18.5 Å². The maximum absolute atomic E-state index is 14.3. The van der Waals surface area contributed by atoms with Crippen molar-refractivity contribution in [1.82, 2.24) is 0 Å². The van der Waals surface area contributed by atoms with E-state index in [0.717, 1.165) is 0 Å². The molecule has 0 saturated carbocycles. The molecule has 0 heterocycles. The van der Waals surface area contributed by atoms with Gasteiger partial charge in [0.05, 0.1) is 5.39 Å². The van der Waals surface area contributed by atoms with E-state index in [0.29, 0.717) is 6.07 Å². The molecular formula is C22H3BF14O2. The van der Waals surface area contributed by atoms with Crippen LogP contribution >= 0.6 is 0 Å². The van der Waals surface area contributed by atoms with Gasteiger partial charge in [0.15, 0.2) is 29.0 Å². The summed E-state index contributed by atoms with van der Waals surface area (Å²) >= 11 is 0. The lowest BCUT2D eigenvalue weighted by Crippen LogP contribution is -2.44. The zero-order valence-electron chi connectivity index (χ0n) is 17.9. The van der Waals surface area contributed by atoms with Crippen molar-refractivity contribution in [3.05, 3.63) is 99.6 Å². The van der Waals surface area contributed by atoms with Crippen molar-refractivity contribution in [3.63, 3.8) is 0 Å². The molecule has 0 radical (unpaired) electrons. The lowest BCUT2D eigenvalue weighted by molar-refractivity contribution is 0.316. The number of hydrogen-bond donors (Lipinski definition) is 0.